The van der Waals surface area contributed by atoms with Crippen molar-refractivity contribution in [2.45, 2.75) is 25.1 Å². The third-order valence-corrected chi connectivity index (χ3v) is 4.78. The van der Waals surface area contributed by atoms with Crippen molar-refractivity contribution in [2.75, 3.05) is 6.54 Å². The third-order valence-electron chi connectivity index (χ3n) is 4.78. The second-order valence-electron chi connectivity index (χ2n) is 6.80. The predicted octanol–water partition coefficient (Wildman–Crippen LogP) is 4.41. The lowest BCUT2D eigenvalue weighted by molar-refractivity contribution is -0.139. The van der Waals surface area contributed by atoms with Crippen LogP contribution >= 0.6 is 0 Å². The molecule has 0 spiro atoms. The Bertz CT molecular complexity index is 1050. The molecule has 0 saturated carbocycles. The number of likely N-dealkylation sites (tertiary alicyclic amines) is 1. The molecule has 1 atom stereocenters. The lowest BCUT2D eigenvalue weighted by Gasteiger charge is -2.19. The Morgan fingerprint density at radius 1 is 1.14 bits per heavy atom. The van der Waals surface area contributed by atoms with E-state index in [0.717, 1.165) is 6.07 Å². The minimum Gasteiger partial charge on any atom is -0.338 e. The molecule has 1 amide bonds. The first kappa shape index (κ1) is 19.1. The van der Waals surface area contributed by atoms with Gasteiger partial charge in [0, 0.05) is 31.0 Å². The van der Waals surface area contributed by atoms with Gasteiger partial charge in [-0.2, -0.15) is 18.2 Å². The number of hydrogen-bond acceptors (Lipinski definition) is 4. The van der Waals surface area contributed by atoms with E-state index in [0.29, 0.717) is 5.56 Å². The first-order chi connectivity index (χ1) is 13.8. The van der Waals surface area contributed by atoms with Gasteiger partial charge in [-0.25, -0.2) is 4.39 Å². The molecule has 0 N–H and O–H groups in total. The van der Waals surface area contributed by atoms with Crippen molar-refractivity contribution in [3.8, 4) is 11.5 Å². The summed E-state index contributed by atoms with van der Waals surface area (Å²) in [6.07, 6.45) is -4.43. The minimum atomic E-state index is -4.49. The molecule has 3 aromatic rings. The second-order valence-corrected chi connectivity index (χ2v) is 6.80. The van der Waals surface area contributed by atoms with Gasteiger partial charge in [-0.15, -0.1) is 0 Å². The van der Waals surface area contributed by atoms with Gasteiger partial charge in [-0.05, 0) is 29.8 Å². The zero-order chi connectivity index (χ0) is 20.6. The highest BCUT2D eigenvalue weighted by molar-refractivity contribution is 5.79. The molecule has 4 rings (SSSR count). The molecular weight excluding hydrogens is 390 g/mol. The molecule has 1 saturated heterocycles. The fourth-order valence-electron chi connectivity index (χ4n) is 3.38. The average molecular weight is 405 g/mol. The highest BCUT2D eigenvalue weighted by Gasteiger charge is 2.37. The van der Waals surface area contributed by atoms with Crippen molar-refractivity contribution < 1.29 is 26.9 Å². The number of amides is 1. The Hall–Kier alpha value is -3.23. The molecule has 1 aliphatic heterocycles. The number of carbonyl (C=O) groups is 1. The number of benzene rings is 2. The van der Waals surface area contributed by atoms with Crippen molar-refractivity contribution in [1.82, 2.24) is 15.0 Å². The molecule has 2 aromatic carbocycles. The topological polar surface area (TPSA) is 59.2 Å². The van der Waals surface area contributed by atoms with E-state index in [1.165, 1.54) is 41.3 Å². The van der Waals surface area contributed by atoms with Crippen molar-refractivity contribution >= 4 is 5.91 Å². The van der Waals surface area contributed by atoms with Crippen LogP contribution in [0.5, 0.6) is 0 Å². The van der Waals surface area contributed by atoms with E-state index in [2.05, 4.69) is 10.1 Å². The Kier molecular flexibility index (Phi) is 4.81. The molecule has 1 aliphatic rings. The van der Waals surface area contributed by atoms with Gasteiger partial charge < -0.3 is 9.42 Å². The number of nitrogens with zero attached hydrogens (tertiary/aromatic N) is 3. The van der Waals surface area contributed by atoms with Crippen LogP contribution in [0, 0.1) is 5.82 Å². The average Bonchev–Trinajstić information content (AvgIpc) is 3.29. The molecular formula is C20H15F4N3O2. The van der Waals surface area contributed by atoms with E-state index in [9.17, 15) is 22.4 Å². The quantitative estimate of drug-likeness (QED) is 0.604. The van der Waals surface area contributed by atoms with Gasteiger partial charge >= 0.3 is 6.18 Å². The maximum absolute atomic E-state index is 13.4. The van der Waals surface area contributed by atoms with Crippen LogP contribution in [-0.2, 0) is 17.5 Å². The largest absolute Gasteiger partial charge is 0.416 e. The van der Waals surface area contributed by atoms with Crippen molar-refractivity contribution in [1.29, 1.82) is 0 Å². The Balaban J connectivity index is 1.51. The van der Waals surface area contributed by atoms with Gasteiger partial charge in [-0.3, -0.25) is 4.79 Å². The molecule has 1 aromatic heterocycles. The summed E-state index contributed by atoms with van der Waals surface area (Å²) >= 11 is 0. The van der Waals surface area contributed by atoms with Crippen LogP contribution in [0.4, 0.5) is 17.6 Å². The van der Waals surface area contributed by atoms with E-state index in [1.54, 1.807) is 6.07 Å². The fourth-order valence-corrected chi connectivity index (χ4v) is 3.38. The van der Waals surface area contributed by atoms with Gasteiger partial charge in [0.1, 0.15) is 5.82 Å². The molecule has 1 unspecified atom stereocenters. The highest BCUT2D eigenvalue weighted by atomic mass is 19.4. The van der Waals surface area contributed by atoms with Crippen LogP contribution in [0.1, 0.15) is 29.3 Å². The Morgan fingerprint density at radius 2 is 1.93 bits per heavy atom. The van der Waals surface area contributed by atoms with E-state index in [4.69, 9.17) is 4.52 Å². The molecule has 150 valence electrons. The van der Waals surface area contributed by atoms with Crippen LogP contribution in [0.2, 0.25) is 0 Å². The number of aromatic nitrogens is 2. The third kappa shape index (κ3) is 3.98. The van der Waals surface area contributed by atoms with E-state index in [-0.39, 0.29) is 42.7 Å². The van der Waals surface area contributed by atoms with Crippen LogP contribution < -0.4 is 0 Å². The summed E-state index contributed by atoms with van der Waals surface area (Å²) in [5, 5.41) is 3.87. The highest BCUT2D eigenvalue weighted by Crippen LogP contribution is 2.34. The van der Waals surface area contributed by atoms with E-state index < -0.39 is 23.5 Å². The summed E-state index contributed by atoms with van der Waals surface area (Å²) < 4.78 is 58.1. The monoisotopic (exact) mass is 405 g/mol. The zero-order valence-electron chi connectivity index (χ0n) is 15.0. The van der Waals surface area contributed by atoms with E-state index >= 15 is 0 Å². The SMILES string of the molecule is O=C1CC(c2noc(-c3cccc(F)c3)n2)CN1Cc1ccccc1C(F)(F)F. The van der Waals surface area contributed by atoms with Gasteiger partial charge in [0.15, 0.2) is 5.82 Å². The van der Waals surface area contributed by atoms with Crippen molar-refractivity contribution in [3.05, 3.63) is 71.3 Å². The summed E-state index contributed by atoms with van der Waals surface area (Å²) in [6, 6.07) is 10.8. The maximum atomic E-state index is 13.4. The van der Waals surface area contributed by atoms with Crippen LogP contribution in [0.15, 0.2) is 53.1 Å². The minimum absolute atomic E-state index is 0.0301. The lowest BCUT2D eigenvalue weighted by atomic mass is 10.1. The van der Waals surface area contributed by atoms with Gasteiger partial charge in [0.2, 0.25) is 5.91 Å². The number of carbonyl (C=O) groups excluding carboxylic acids is 1. The second kappa shape index (κ2) is 7.31. The lowest BCUT2D eigenvalue weighted by Crippen LogP contribution is -2.26. The zero-order valence-corrected chi connectivity index (χ0v) is 15.0. The molecule has 0 radical (unpaired) electrons. The smallest absolute Gasteiger partial charge is 0.338 e. The molecule has 1 fully saturated rings. The summed E-state index contributed by atoms with van der Waals surface area (Å²) in [7, 11) is 0. The van der Waals surface area contributed by atoms with Gasteiger partial charge in [0.05, 0.1) is 5.56 Å². The van der Waals surface area contributed by atoms with Gasteiger partial charge in [0.25, 0.3) is 5.89 Å². The Labute approximate surface area is 162 Å². The summed E-state index contributed by atoms with van der Waals surface area (Å²) in [6.45, 7) is 0.0206. The molecule has 0 bridgehead atoms. The first-order valence-electron chi connectivity index (χ1n) is 8.83. The molecule has 0 aliphatic carbocycles. The van der Waals surface area contributed by atoms with Crippen LogP contribution in [-0.4, -0.2) is 27.5 Å². The summed E-state index contributed by atoms with van der Waals surface area (Å²) in [4.78, 5) is 17.9. The van der Waals surface area contributed by atoms with Crippen molar-refractivity contribution in [2.24, 2.45) is 0 Å². The van der Waals surface area contributed by atoms with Gasteiger partial charge in [-0.1, -0.05) is 29.4 Å². The number of rotatable bonds is 4. The van der Waals surface area contributed by atoms with Crippen LogP contribution in [0.3, 0.4) is 0 Å². The number of halogens is 4. The number of hydrogen-bond donors (Lipinski definition) is 0. The fraction of sp³-hybridized carbons (Fsp3) is 0.250. The Morgan fingerprint density at radius 3 is 2.69 bits per heavy atom. The number of alkyl halides is 3. The molecule has 29 heavy (non-hydrogen) atoms. The predicted molar refractivity (Wildman–Crippen MR) is 93.9 cm³/mol. The summed E-state index contributed by atoms with van der Waals surface area (Å²) in [5.41, 5.74) is -0.323. The maximum Gasteiger partial charge on any atom is 0.416 e. The summed E-state index contributed by atoms with van der Waals surface area (Å²) in [5.74, 6) is -0.763. The standard InChI is InChI=1S/C20H15F4N3O2/c21-15-6-3-5-12(8-15)19-25-18(26-29-19)14-9-17(28)27(11-14)10-13-4-1-2-7-16(13)20(22,23)24/h1-8,14H,9-11H2. The molecule has 5 nitrogen and oxygen atoms in total. The normalized spacial score (nSPS) is 17.2. The first-order valence-corrected chi connectivity index (χ1v) is 8.83. The van der Waals surface area contributed by atoms with Crippen molar-refractivity contribution in [3.63, 3.8) is 0 Å². The molecule has 9 heteroatoms. The molecule has 2 heterocycles. The van der Waals surface area contributed by atoms with E-state index in [1.807, 2.05) is 0 Å². The van der Waals surface area contributed by atoms with Crippen LogP contribution in [0.25, 0.3) is 11.5 Å².